The highest BCUT2D eigenvalue weighted by Gasteiger charge is 2.18. The molecule has 0 aromatic heterocycles. The lowest BCUT2D eigenvalue weighted by molar-refractivity contribution is 0.253. The first-order valence-corrected chi connectivity index (χ1v) is 9.53. The van der Waals surface area contributed by atoms with Crippen LogP contribution in [0.15, 0.2) is 12.1 Å². The first-order chi connectivity index (χ1) is 9.23. The Hall–Kier alpha value is 0.130. The van der Waals surface area contributed by atoms with Crippen molar-refractivity contribution in [2.45, 2.75) is 19.8 Å². The number of hydrogen-bond donors (Lipinski definition) is 0. The van der Waals surface area contributed by atoms with E-state index in [0.717, 1.165) is 6.42 Å². The molecule has 114 valence electrons. The van der Waals surface area contributed by atoms with Crippen LogP contribution in [0.1, 0.15) is 19.8 Å². The van der Waals surface area contributed by atoms with E-state index in [1.54, 1.807) is 0 Å². The van der Waals surface area contributed by atoms with Crippen molar-refractivity contribution in [3.8, 4) is 5.75 Å². The summed E-state index contributed by atoms with van der Waals surface area (Å²) in [5.74, 6) is 0.0311. The third-order valence-electron chi connectivity index (χ3n) is 2.58. The average molecular weight is 380 g/mol. The number of ether oxygens (including phenoxy) is 1. The summed E-state index contributed by atoms with van der Waals surface area (Å²) >= 11 is 17.7. The van der Waals surface area contributed by atoms with Crippen LogP contribution in [0.3, 0.4) is 0 Å². The van der Waals surface area contributed by atoms with Crippen molar-refractivity contribution in [2.75, 3.05) is 12.4 Å². The van der Waals surface area contributed by atoms with Crippen LogP contribution < -0.4 is 4.74 Å². The van der Waals surface area contributed by atoms with Crippen LogP contribution in [-0.4, -0.2) is 20.8 Å². The first kappa shape index (κ1) is 18.2. The minimum Gasteiger partial charge on any atom is -0.492 e. The van der Waals surface area contributed by atoms with E-state index >= 15 is 0 Å². The highest BCUT2D eigenvalue weighted by atomic mass is 35.7. The second kappa shape index (κ2) is 7.95. The van der Waals surface area contributed by atoms with Gasteiger partial charge in [0.05, 0.1) is 27.4 Å². The van der Waals surface area contributed by atoms with Crippen LogP contribution in [-0.2, 0) is 9.05 Å². The van der Waals surface area contributed by atoms with Gasteiger partial charge in [-0.3, -0.25) is 0 Å². The molecule has 1 atom stereocenters. The summed E-state index contributed by atoms with van der Waals surface area (Å²) < 4.78 is 27.8. The van der Waals surface area contributed by atoms with Gasteiger partial charge in [0.15, 0.2) is 0 Å². The predicted octanol–water partition coefficient (Wildman–Crippen LogP) is 5.01. The maximum atomic E-state index is 11.1. The van der Waals surface area contributed by atoms with Gasteiger partial charge in [-0.1, -0.05) is 48.1 Å². The zero-order chi connectivity index (χ0) is 15.3. The van der Waals surface area contributed by atoms with Gasteiger partial charge < -0.3 is 4.74 Å². The second-order valence-corrected chi connectivity index (χ2v) is 8.41. The molecule has 0 radical (unpaired) electrons. The topological polar surface area (TPSA) is 43.4 Å². The van der Waals surface area contributed by atoms with Gasteiger partial charge in [-0.2, -0.15) is 0 Å². The summed E-state index contributed by atoms with van der Waals surface area (Å²) in [6.07, 6.45) is 1.51. The number of halogens is 4. The average Bonchev–Trinajstić information content (AvgIpc) is 2.30. The van der Waals surface area contributed by atoms with Gasteiger partial charge >= 0.3 is 0 Å². The Bertz CT molecular complexity index is 560. The molecule has 0 aliphatic heterocycles. The third kappa shape index (κ3) is 6.27. The molecule has 0 aliphatic carbocycles. The molecule has 1 rings (SSSR count). The Kier molecular flexibility index (Phi) is 7.22. The van der Waals surface area contributed by atoms with Gasteiger partial charge in [-0.15, -0.1) is 0 Å². The monoisotopic (exact) mass is 378 g/mol. The zero-order valence-electron chi connectivity index (χ0n) is 10.7. The van der Waals surface area contributed by atoms with Crippen molar-refractivity contribution in [3.63, 3.8) is 0 Å². The van der Waals surface area contributed by atoms with Gasteiger partial charge in [0.25, 0.3) is 0 Å². The van der Waals surface area contributed by atoms with Gasteiger partial charge in [0, 0.05) is 22.7 Å². The smallest absolute Gasteiger partial charge is 0.232 e. The predicted molar refractivity (Wildman–Crippen MR) is 85.0 cm³/mol. The SMILES string of the molecule is CCCC(COc1cc(Cl)c(Cl)cc1Cl)CS(=O)(=O)Cl. The Morgan fingerprint density at radius 2 is 1.75 bits per heavy atom. The first-order valence-electron chi connectivity index (χ1n) is 5.92. The maximum Gasteiger partial charge on any atom is 0.232 e. The standard InChI is InChI=1S/C12H14Cl4O3S/c1-2-3-8(7-20(16,17)18)6-19-12-5-10(14)9(13)4-11(12)15/h4-5,8H,2-3,6-7H2,1H3. The maximum absolute atomic E-state index is 11.1. The van der Waals surface area contributed by atoms with Crippen molar-refractivity contribution in [3.05, 3.63) is 27.2 Å². The molecule has 1 aromatic carbocycles. The summed E-state index contributed by atoms with van der Waals surface area (Å²) in [6.45, 7) is 2.15. The third-order valence-corrected chi connectivity index (χ3v) is 4.85. The van der Waals surface area contributed by atoms with Crippen LogP contribution in [0.5, 0.6) is 5.75 Å². The minimum absolute atomic E-state index is 0.138. The number of benzene rings is 1. The Morgan fingerprint density at radius 1 is 1.15 bits per heavy atom. The molecule has 0 amide bonds. The highest BCUT2D eigenvalue weighted by molar-refractivity contribution is 8.13. The van der Waals surface area contributed by atoms with Gasteiger partial charge in [0.2, 0.25) is 9.05 Å². The van der Waals surface area contributed by atoms with Crippen LogP contribution >= 0.6 is 45.5 Å². The Balaban J connectivity index is 2.75. The lowest BCUT2D eigenvalue weighted by Gasteiger charge is -2.16. The zero-order valence-corrected chi connectivity index (χ0v) is 14.5. The fourth-order valence-corrected chi connectivity index (χ4v) is 3.68. The van der Waals surface area contributed by atoms with E-state index in [-0.39, 0.29) is 18.3 Å². The molecule has 1 unspecified atom stereocenters. The molecule has 0 bridgehead atoms. The van der Waals surface area contributed by atoms with Crippen molar-refractivity contribution in [2.24, 2.45) is 5.92 Å². The molecule has 0 N–H and O–H groups in total. The van der Waals surface area contributed by atoms with Crippen LogP contribution in [0.2, 0.25) is 15.1 Å². The fraction of sp³-hybridized carbons (Fsp3) is 0.500. The van der Waals surface area contributed by atoms with E-state index in [2.05, 4.69) is 0 Å². The molecule has 0 aliphatic rings. The van der Waals surface area contributed by atoms with Gasteiger partial charge in [-0.25, -0.2) is 8.42 Å². The van der Waals surface area contributed by atoms with E-state index < -0.39 is 9.05 Å². The molecular weight excluding hydrogens is 366 g/mol. The molecule has 0 heterocycles. The van der Waals surface area contributed by atoms with Gasteiger partial charge in [0.1, 0.15) is 5.75 Å². The Labute approximate surface area is 138 Å². The number of rotatable bonds is 7. The molecule has 8 heteroatoms. The van der Waals surface area contributed by atoms with Crippen molar-refractivity contribution in [1.82, 2.24) is 0 Å². The van der Waals surface area contributed by atoms with E-state index in [1.807, 2.05) is 6.92 Å². The quantitative estimate of drug-likeness (QED) is 0.493. The van der Waals surface area contributed by atoms with Crippen molar-refractivity contribution < 1.29 is 13.2 Å². The summed E-state index contributed by atoms with van der Waals surface area (Å²) in [6, 6.07) is 2.98. The van der Waals surface area contributed by atoms with Gasteiger partial charge in [-0.05, 0) is 12.5 Å². The highest BCUT2D eigenvalue weighted by Crippen LogP contribution is 2.34. The molecule has 0 saturated heterocycles. The molecule has 3 nitrogen and oxygen atoms in total. The molecule has 0 fully saturated rings. The lowest BCUT2D eigenvalue weighted by atomic mass is 10.1. The largest absolute Gasteiger partial charge is 0.492 e. The lowest BCUT2D eigenvalue weighted by Crippen LogP contribution is -2.19. The van der Waals surface area contributed by atoms with E-state index in [9.17, 15) is 8.42 Å². The van der Waals surface area contributed by atoms with E-state index in [4.69, 9.17) is 50.2 Å². The second-order valence-electron chi connectivity index (χ2n) is 4.37. The molecule has 20 heavy (non-hydrogen) atoms. The van der Waals surface area contributed by atoms with Crippen LogP contribution in [0, 0.1) is 5.92 Å². The number of hydrogen-bond acceptors (Lipinski definition) is 3. The van der Waals surface area contributed by atoms with Crippen LogP contribution in [0.25, 0.3) is 0 Å². The summed E-state index contributed by atoms with van der Waals surface area (Å²) in [4.78, 5) is 0. The molecular formula is C12H14Cl4O3S. The van der Waals surface area contributed by atoms with Crippen molar-refractivity contribution >= 4 is 54.5 Å². The normalized spacial score (nSPS) is 13.2. The van der Waals surface area contributed by atoms with E-state index in [1.165, 1.54) is 12.1 Å². The van der Waals surface area contributed by atoms with Crippen LogP contribution in [0.4, 0.5) is 0 Å². The molecule has 0 spiro atoms. The molecule has 0 saturated carbocycles. The van der Waals surface area contributed by atoms with E-state index in [0.29, 0.717) is 27.2 Å². The summed E-state index contributed by atoms with van der Waals surface area (Å²) in [7, 11) is 1.71. The Morgan fingerprint density at radius 3 is 2.30 bits per heavy atom. The fourth-order valence-electron chi connectivity index (χ4n) is 1.73. The van der Waals surface area contributed by atoms with Crippen molar-refractivity contribution in [1.29, 1.82) is 0 Å². The summed E-state index contributed by atoms with van der Waals surface area (Å²) in [5.41, 5.74) is 0. The summed E-state index contributed by atoms with van der Waals surface area (Å²) in [5, 5.41) is 0.976. The minimum atomic E-state index is -3.56. The molecule has 1 aromatic rings.